The summed E-state index contributed by atoms with van der Waals surface area (Å²) in [6.07, 6.45) is 0. The lowest BCUT2D eigenvalue weighted by molar-refractivity contribution is -0.856. The molecule has 0 aromatic heterocycles. The van der Waals surface area contributed by atoms with Gasteiger partial charge in [-0.2, -0.15) is 0 Å². The minimum atomic E-state index is -6.00. The van der Waals surface area contributed by atoms with E-state index in [1.54, 1.807) is 0 Å². The second kappa shape index (κ2) is 5.52. The van der Waals surface area contributed by atoms with Gasteiger partial charge in [-0.15, -0.1) is 0 Å². The van der Waals surface area contributed by atoms with E-state index in [1.165, 1.54) is 11.4 Å². The molecule has 0 unspecified atom stereocenters. The molecule has 0 saturated heterocycles. The monoisotopic (exact) mass is 161 g/mol. The van der Waals surface area contributed by atoms with Crippen molar-refractivity contribution in [2.75, 3.05) is 20.6 Å². The van der Waals surface area contributed by atoms with Crippen molar-refractivity contribution in [2.24, 2.45) is 0 Å². The predicted octanol–water partition coefficient (Wildman–Crippen LogP) is 0.451. The summed E-state index contributed by atoms with van der Waals surface area (Å²) in [5.74, 6) is 0. The molecule has 0 radical (unpaired) electrons. The van der Waals surface area contributed by atoms with E-state index < -0.39 is 7.25 Å². The average Bonchev–Trinajstić information content (AvgIpc) is 1.61. The van der Waals surface area contributed by atoms with Gasteiger partial charge in [0.15, 0.2) is 0 Å². The molecule has 0 heterocycles. The summed E-state index contributed by atoms with van der Waals surface area (Å²) in [6.45, 7) is 3.38. The normalized spacial score (nSPS) is 10.8. The maximum absolute atomic E-state index is 9.75. The van der Waals surface area contributed by atoms with Crippen molar-refractivity contribution in [1.82, 2.24) is 0 Å². The van der Waals surface area contributed by atoms with E-state index >= 15 is 0 Å². The quantitative estimate of drug-likeness (QED) is 0.420. The van der Waals surface area contributed by atoms with Crippen molar-refractivity contribution in [2.45, 2.75) is 6.92 Å². The van der Waals surface area contributed by atoms with Gasteiger partial charge >= 0.3 is 7.25 Å². The molecule has 1 N–H and O–H groups in total. The lowest BCUT2D eigenvalue weighted by atomic mass is 10.3. The van der Waals surface area contributed by atoms with Crippen LogP contribution in [0.25, 0.3) is 0 Å². The van der Waals surface area contributed by atoms with Gasteiger partial charge in [0.2, 0.25) is 0 Å². The Kier molecular flexibility index (Phi) is 6.86. The number of rotatable bonds is 1. The molecule has 0 atom stereocenters. The molecule has 0 saturated carbocycles. The molecule has 0 aliphatic rings. The van der Waals surface area contributed by atoms with E-state index in [-0.39, 0.29) is 0 Å². The van der Waals surface area contributed by atoms with Gasteiger partial charge in [-0.3, -0.25) is 0 Å². The standard InChI is InChI=1S/C4H11N.BF4/c1-4-5(2)3;2-1(3,4)5/h4H2,1-3H3;/q;-1/p+1. The average molecular weight is 161 g/mol. The Labute approximate surface area is 58.1 Å². The molecule has 0 aromatic rings. The van der Waals surface area contributed by atoms with Gasteiger partial charge in [-0.05, 0) is 6.92 Å². The fourth-order valence-corrected chi connectivity index (χ4v) is 0. The van der Waals surface area contributed by atoms with Crippen molar-refractivity contribution in [3.8, 4) is 0 Å². The summed E-state index contributed by atoms with van der Waals surface area (Å²) >= 11 is 0. The van der Waals surface area contributed by atoms with Gasteiger partial charge in [-0.25, -0.2) is 0 Å². The Bertz CT molecular complexity index is 66.1. The summed E-state index contributed by atoms with van der Waals surface area (Å²) in [7, 11) is -1.72. The predicted molar refractivity (Wildman–Crippen MR) is 33.5 cm³/mol. The van der Waals surface area contributed by atoms with E-state index in [0.29, 0.717) is 0 Å². The topological polar surface area (TPSA) is 4.44 Å². The minimum Gasteiger partial charge on any atom is -0.418 e. The molecular weight excluding hydrogens is 149 g/mol. The number of nitrogens with one attached hydrogen (secondary N) is 1. The first-order chi connectivity index (χ1) is 4.27. The van der Waals surface area contributed by atoms with Crippen LogP contribution < -0.4 is 4.90 Å². The summed E-state index contributed by atoms with van der Waals surface area (Å²) < 4.78 is 39.0. The first kappa shape index (κ1) is 12.4. The fourth-order valence-electron chi connectivity index (χ4n) is 0. The highest BCUT2D eigenvalue weighted by Crippen LogP contribution is 2.06. The van der Waals surface area contributed by atoms with Crippen LogP contribution in [0.3, 0.4) is 0 Å². The highest BCUT2D eigenvalue weighted by atomic mass is 19.5. The van der Waals surface area contributed by atoms with Gasteiger partial charge in [0.1, 0.15) is 0 Å². The lowest BCUT2D eigenvalue weighted by Crippen LogP contribution is -3.05. The molecule has 0 amide bonds. The molecule has 0 rings (SSSR count). The number of quaternary nitrogens is 1. The Morgan fingerprint density at radius 3 is 1.20 bits per heavy atom. The van der Waals surface area contributed by atoms with E-state index in [0.717, 1.165) is 0 Å². The summed E-state index contributed by atoms with van der Waals surface area (Å²) in [5, 5.41) is 0. The second-order valence-electron chi connectivity index (χ2n) is 2.06. The van der Waals surface area contributed by atoms with Crippen LogP contribution in [0.1, 0.15) is 6.92 Å². The van der Waals surface area contributed by atoms with Crippen LogP contribution in [-0.4, -0.2) is 27.9 Å². The van der Waals surface area contributed by atoms with Gasteiger partial charge in [0.05, 0.1) is 20.6 Å². The van der Waals surface area contributed by atoms with E-state index in [9.17, 15) is 17.3 Å². The third kappa shape index (κ3) is 116. The molecule has 0 aromatic carbocycles. The zero-order valence-electron chi connectivity index (χ0n) is 6.30. The Morgan fingerprint density at radius 2 is 1.20 bits per heavy atom. The van der Waals surface area contributed by atoms with Crippen LogP contribution in [0.15, 0.2) is 0 Å². The smallest absolute Gasteiger partial charge is 0.418 e. The van der Waals surface area contributed by atoms with Crippen LogP contribution in [0.2, 0.25) is 0 Å². The van der Waals surface area contributed by atoms with Gasteiger partial charge < -0.3 is 22.2 Å². The molecule has 0 aliphatic heterocycles. The maximum Gasteiger partial charge on any atom is 0.673 e. The van der Waals surface area contributed by atoms with E-state index in [1.807, 2.05) is 0 Å². The third-order valence-electron chi connectivity index (χ3n) is 0.707. The van der Waals surface area contributed by atoms with E-state index in [2.05, 4.69) is 21.0 Å². The summed E-state index contributed by atoms with van der Waals surface area (Å²) in [5.41, 5.74) is 0. The molecule has 6 heteroatoms. The van der Waals surface area contributed by atoms with Crippen molar-refractivity contribution < 1.29 is 22.2 Å². The highest BCUT2D eigenvalue weighted by molar-refractivity contribution is 6.50. The Morgan fingerprint density at radius 1 is 1.10 bits per heavy atom. The first-order valence-corrected chi connectivity index (χ1v) is 2.93. The van der Waals surface area contributed by atoms with Crippen LogP contribution >= 0.6 is 0 Å². The Hall–Kier alpha value is -0.255. The summed E-state index contributed by atoms with van der Waals surface area (Å²) in [6, 6.07) is 0. The fraction of sp³-hybridized carbons (Fsp3) is 1.00. The lowest BCUT2D eigenvalue weighted by Gasteiger charge is -1.97. The Balaban J connectivity index is 0. The van der Waals surface area contributed by atoms with Crippen LogP contribution in [0.4, 0.5) is 17.3 Å². The van der Waals surface area contributed by atoms with Gasteiger partial charge in [0.25, 0.3) is 0 Å². The summed E-state index contributed by atoms with van der Waals surface area (Å²) in [4.78, 5) is 1.50. The maximum atomic E-state index is 9.75. The molecule has 0 bridgehead atoms. The van der Waals surface area contributed by atoms with Crippen molar-refractivity contribution in [3.63, 3.8) is 0 Å². The highest BCUT2D eigenvalue weighted by Gasteiger charge is 2.20. The zero-order chi connectivity index (χ0) is 8.78. The minimum absolute atomic E-state index is 1.22. The molecule has 10 heavy (non-hydrogen) atoms. The number of halogens is 4. The van der Waals surface area contributed by atoms with Gasteiger partial charge in [0, 0.05) is 0 Å². The van der Waals surface area contributed by atoms with Crippen molar-refractivity contribution >= 4 is 7.25 Å². The van der Waals surface area contributed by atoms with Crippen LogP contribution in [0, 0.1) is 0 Å². The molecular formula is C4H12BF4N. The SMILES string of the molecule is CC[NH+](C)C.F[B-](F)(F)F. The molecule has 0 aliphatic carbocycles. The number of hydrogen-bond acceptors (Lipinski definition) is 0. The van der Waals surface area contributed by atoms with Crippen LogP contribution in [-0.2, 0) is 0 Å². The van der Waals surface area contributed by atoms with Crippen molar-refractivity contribution in [1.29, 1.82) is 0 Å². The number of hydrogen-bond donors (Lipinski definition) is 1. The second-order valence-corrected chi connectivity index (χ2v) is 2.06. The third-order valence-corrected chi connectivity index (χ3v) is 0.707. The van der Waals surface area contributed by atoms with Gasteiger partial charge in [-0.1, -0.05) is 0 Å². The first-order valence-electron chi connectivity index (χ1n) is 2.93. The van der Waals surface area contributed by atoms with Crippen LogP contribution in [0.5, 0.6) is 0 Å². The van der Waals surface area contributed by atoms with E-state index in [4.69, 9.17) is 0 Å². The van der Waals surface area contributed by atoms with Crippen molar-refractivity contribution in [3.05, 3.63) is 0 Å². The molecule has 64 valence electrons. The molecule has 0 spiro atoms. The zero-order valence-corrected chi connectivity index (χ0v) is 6.30. The largest absolute Gasteiger partial charge is 0.673 e. The molecule has 1 nitrogen and oxygen atoms in total. The molecule has 0 fully saturated rings.